The number of anilines is 2. The van der Waals surface area contributed by atoms with Crippen LogP contribution in [0.5, 0.6) is 5.75 Å². The fourth-order valence-electron chi connectivity index (χ4n) is 3.63. The number of aromatic nitrogens is 1. The number of methoxy groups -OCH3 is 1. The Morgan fingerprint density at radius 3 is 2.46 bits per heavy atom. The van der Waals surface area contributed by atoms with Crippen molar-refractivity contribution in [1.82, 2.24) is 4.98 Å². The van der Waals surface area contributed by atoms with Crippen LogP contribution in [0.4, 0.5) is 11.4 Å². The number of rotatable bonds is 13. The van der Waals surface area contributed by atoms with Crippen LogP contribution in [-0.4, -0.2) is 49.2 Å². The number of benzene rings is 2. The van der Waals surface area contributed by atoms with Gasteiger partial charge < -0.3 is 30.4 Å². The van der Waals surface area contributed by atoms with Gasteiger partial charge in [-0.15, -0.1) is 11.3 Å². The fraction of sp³-hybridized carbons (Fsp3) is 0.385. The van der Waals surface area contributed by atoms with Crippen molar-refractivity contribution < 1.29 is 24.1 Å². The molecule has 1 aromatic heterocycles. The lowest BCUT2D eigenvalue weighted by Crippen LogP contribution is -2.18. The Hall–Kier alpha value is -2.98. The van der Waals surface area contributed by atoms with Crippen LogP contribution in [0.2, 0.25) is 0 Å². The Bertz CT molecular complexity index is 1090. The highest BCUT2D eigenvalue weighted by Crippen LogP contribution is 2.31. The van der Waals surface area contributed by atoms with Crippen molar-refractivity contribution in [2.75, 3.05) is 38.0 Å². The lowest BCUT2D eigenvalue weighted by molar-refractivity contribution is -0.139. The molecule has 0 radical (unpaired) electrons. The fourth-order valence-corrected chi connectivity index (χ4v) is 4.64. The molecule has 0 aliphatic carbocycles. The minimum absolute atomic E-state index is 0.0990. The van der Waals surface area contributed by atoms with Gasteiger partial charge in [0.25, 0.3) is 5.91 Å². The molecular weight excluding hydrogens is 466 g/mol. The summed E-state index contributed by atoms with van der Waals surface area (Å²) in [5.41, 5.74) is 9.47. The third-order valence-electron chi connectivity index (χ3n) is 5.31. The summed E-state index contributed by atoms with van der Waals surface area (Å²) in [5.74, 6) is 0.396. The van der Waals surface area contributed by atoms with Crippen LogP contribution in [0.15, 0.2) is 42.5 Å². The highest BCUT2D eigenvalue weighted by atomic mass is 32.1. The first kappa shape index (κ1) is 26.6. The summed E-state index contributed by atoms with van der Waals surface area (Å²) >= 11 is 1.29. The van der Waals surface area contributed by atoms with E-state index in [1.165, 1.54) is 11.3 Å². The van der Waals surface area contributed by atoms with Crippen molar-refractivity contribution in [1.29, 1.82) is 0 Å². The molecule has 0 aliphatic rings. The van der Waals surface area contributed by atoms with E-state index in [0.29, 0.717) is 58.8 Å². The van der Waals surface area contributed by atoms with Gasteiger partial charge in [0.05, 0.1) is 12.8 Å². The maximum absolute atomic E-state index is 13.1. The predicted molar refractivity (Wildman–Crippen MR) is 139 cm³/mol. The van der Waals surface area contributed by atoms with Gasteiger partial charge in [-0.2, -0.15) is 0 Å². The first-order valence-electron chi connectivity index (χ1n) is 11.7. The molecule has 1 amide bonds. The van der Waals surface area contributed by atoms with Crippen molar-refractivity contribution in [3.8, 4) is 16.3 Å². The van der Waals surface area contributed by atoms with E-state index in [4.69, 9.17) is 19.9 Å². The Balaban J connectivity index is 1.76. The van der Waals surface area contributed by atoms with E-state index in [0.717, 1.165) is 11.1 Å². The van der Waals surface area contributed by atoms with Crippen LogP contribution in [0.3, 0.4) is 0 Å². The van der Waals surface area contributed by atoms with Crippen molar-refractivity contribution in [3.63, 3.8) is 0 Å². The number of hydrogen-bond acceptors (Lipinski definition) is 8. The minimum atomic E-state index is -0.282. The number of carbonyl (C=O) groups is 1. The molecular formula is C26H33N3O5S. The molecule has 8 nitrogen and oxygen atoms in total. The van der Waals surface area contributed by atoms with Gasteiger partial charge in [0.2, 0.25) is 0 Å². The maximum Gasteiger partial charge on any atom is 0.267 e. The van der Waals surface area contributed by atoms with E-state index < -0.39 is 0 Å². The van der Waals surface area contributed by atoms with Gasteiger partial charge in [0, 0.05) is 55.7 Å². The van der Waals surface area contributed by atoms with Crippen molar-refractivity contribution in [2.45, 2.75) is 39.4 Å². The van der Waals surface area contributed by atoms with E-state index in [1.54, 1.807) is 25.3 Å². The summed E-state index contributed by atoms with van der Waals surface area (Å²) in [6, 6.07) is 12.9. The van der Waals surface area contributed by atoms with Gasteiger partial charge in [-0.05, 0) is 56.2 Å². The third kappa shape index (κ3) is 7.25. The van der Waals surface area contributed by atoms with Gasteiger partial charge in [-0.25, -0.2) is 4.98 Å². The minimum Gasteiger partial charge on any atom is -0.496 e. The van der Waals surface area contributed by atoms with E-state index in [-0.39, 0.29) is 25.2 Å². The number of amides is 1. The van der Waals surface area contributed by atoms with E-state index in [2.05, 4.69) is 10.3 Å². The van der Waals surface area contributed by atoms with Crippen LogP contribution in [-0.2, 0) is 22.3 Å². The molecule has 3 rings (SSSR count). The van der Waals surface area contributed by atoms with Crippen LogP contribution >= 0.6 is 11.3 Å². The van der Waals surface area contributed by atoms with Gasteiger partial charge in [-0.1, -0.05) is 6.07 Å². The molecule has 0 fully saturated rings. The number of hydrogen-bond donors (Lipinski definition) is 3. The number of aliphatic hydroxyl groups excluding tert-OH is 1. The number of nitrogens with zero attached hydrogens (tertiary/aromatic N) is 1. The van der Waals surface area contributed by atoms with Crippen LogP contribution in [0, 0.1) is 0 Å². The van der Waals surface area contributed by atoms with Crippen LogP contribution in [0.1, 0.15) is 41.2 Å². The smallest absolute Gasteiger partial charge is 0.267 e. The Kier molecular flexibility index (Phi) is 10.0. The summed E-state index contributed by atoms with van der Waals surface area (Å²) in [5, 5.41) is 13.1. The molecule has 0 atom stereocenters. The van der Waals surface area contributed by atoms with E-state index in [9.17, 15) is 9.90 Å². The monoisotopic (exact) mass is 499 g/mol. The maximum atomic E-state index is 13.1. The quantitative estimate of drug-likeness (QED) is 0.234. The molecule has 0 aliphatic heterocycles. The largest absolute Gasteiger partial charge is 0.496 e. The normalized spacial score (nSPS) is 11.1. The second-order valence-corrected chi connectivity index (χ2v) is 8.75. The molecule has 9 heteroatoms. The first-order chi connectivity index (χ1) is 17.0. The van der Waals surface area contributed by atoms with Gasteiger partial charge in [0.1, 0.15) is 15.6 Å². The topological polar surface area (TPSA) is 116 Å². The van der Waals surface area contributed by atoms with Gasteiger partial charge in [0.15, 0.2) is 6.29 Å². The number of aliphatic hydroxyl groups is 1. The zero-order chi connectivity index (χ0) is 25.2. The molecule has 0 unspecified atom stereocenters. The highest BCUT2D eigenvalue weighted by molar-refractivity contribution is 7.17. The Morgan fingerprint density at radius 1 is 1.11 bits per heavy atom. The summed E-state index contributed by atoms with van der Waals surface area (Å²) in [7, 11) is 1.61. The van der Waals surface area contributed by atoms with Gasteiger partial charge >= 0.3 is 0 Å². The number of nitrogen functional groups attached to an aromatic ring is 1. The molecule has 4 N–H and O–H groups in total. The summed E-state index contributed by atoms with van der Waals surface area (Å²) in [6.07, 6.45) is 1.43. The lowest BCUT2D eigenvalue weighted by atomic mass is 10.1. The van der Waals surface area contributed by atoms with E-state index >= 15 is 0 Å². The van der Waals surface area contributed by atoms with Crippen LogP contribution < -0.4 is 15.8 Å². The lowest BCUT2D eigenvalue weighted by Gasteiger charge is -2.18. The Morgan fingerprint density at radius 2 is 1.83 bits per heavy atom. The molecule has 188 valence electrons. The van der Waals surface area contributed by atoms with Crippen LogP contribution in [0.25, 0.3) is 10.6 Å². The molecule has 0 bridgehead atoms. The molecule has 1 heterocycles. The average molecular weight is 500 g/mol. The molecule has 2 aromatic carbocycles. The molecule has 0 saturated carbocycles. The van der Waals surface area contributed by atoms with Crippen molar-refractivity contribution >= 4 is 28.6 Å². The summed E-state index contributed by atoms with van der Waals surface area (Å²) < 4.78 is 16.8. The number of thiazole rings is 1. The first-order valence-corrected chi connectivity index (χ1v) is 12.5. The molecule has 35 heavy (non-hydrogen) atoms. The molecule has 3 aromatic rings. The third-order valence-corrected chi connectivity index (χ3v) is 6.45. The van der Waals surface area contributed by atoms with Crippen molar-refractivity contribution in [3.05, 3.63) is 58.6 Å². The summed E-state index contributed by atoms with van der Waals surface area (Å²) in [6.45, 7) is 4.96. The SMILES string of the molecule is CCOC(CCc1ccc(NC(=O)c2sc(-c3ccc(N)cc3)nc2CCO)cc1OC)OCC. The molecule has 0 saturated heterocycles. The highest BCUT2D eigenvalue weighted by Gasteiger charge is 2.20. The number of nitrogens with one attached hydrogen (secondary N) is 1. The van der Waals surface area contributed by atoms with Gasteiger partial charge in [-0.3, -0.25) is 4.79 Å². The Labute approximate surface area is 210 Å². The van der Waals surface area contributed by atoms with E-state index in [1.807, 2.05) is 38.1 Å². The zero-order valence-electron chi connectivity index (χ0n) is 20.4. The number of ether oxygens (including phenoxy) is 3. The average Bonchev–Trinajstić information content (AvgIpc) is 3.28. The second kappa shape index (κ2) is 13.2. The summed E-state index contributed by atoms with van der Waals surface area (Å²) in [4.78, 5) is 18.2. The standard InChI is InChI=1S/C26H33N3O5S/c1-4-33-23(34-5-2)13-9-17-8-12-20(16-22(17)32-3)28-25(31)24-21(14-15-30)29-26(35-24)18-6-10-19(27)11-7-18/h6-8,10-12,16,23,30H,4-5,9,13-15,27H2,1-3H3,(H,28,31). The zero-order valence-corrected chi connectivity index (χ0v) is 21.2. The number of nitrogens with two attached hydrogens (primary N) is 1. The molecule has 0 spiro atoms. The second-order valence-electron chi connectivity index (χ2n) is 7.75. The number of carbonyl (C=O) groups excluding carboxylic acids is 1. The predicted octanol–water partition coefficient (Wildman–Crippen LogP) is 4.52. The number of aryl methyl sites for hydroxylation is 1. The van der Waals surface area contributed by atoms with Crippen molar-refractivity contribution in [2.24, 2.45) is 0 Å².